The fraction of sp³-hybridized carbons (Fsp3) is 0. The van der Waals surface area contributed by atoms with E-state index < -0.39 is 0 Å². The number of carbonyl (C=O) groups is 1. The summed E-state index contributed by atoms with van der Waals surface area (Å²) >= 11 is 13.1. The van der Waals surface area contributed by atoms with E-state index in [9.17, 15) is 4.79 Å². The Balaban J connectivity index is 1.93. The average Bonchev–Trinajstić information content (AvgIpc) is 2.97. The van der Waals surface area contributed by atoms with E-state index in [-0.39, 0.29) is 17.0 Å². The van der Waals surface area contributed by atoms with Crippen molar-refractivity contribution < 1.29 is 4.79 Å². The Hall–Kier alpha value is -1.70. The van der Waals surface area contributed by atoms with Gasteiger partial charge >= 0.3 is 0 Å². The van der Waals surface area contributed by atoms with Crippen molar-refractivity contribution in [1.29, 1.82) is 0 Å². The van der Waals surface area contributed by atoms with Crippen LogP contribution in [0.15, 0.2) is 17.8 Å². The molecule has 3 aromatic rings. The quantitative estimate of drug-likeness (QED) is 0.712. The maximum absolute atomic E-state index is 11.9. The lowest BCUT2D eigenvalue weighted by atomic mass is 10.4. The Morgan fingerprint density at radius 3 is 2.95 bits per heavy atom. The molecule has 19 heavy (non-hydrogen) atoms. The standard InChI is InChI=1S/C10H5Cl2N5OS/c11-4-1-2-19-6(4)9(18)17-10-15-7(12)5-8(16-10)14-3-13-5/h1-3H,(H2,13,14,15,16,17,18). The molecule has 0 atom stereocenters. The van der Waals surface area contributed by atoms with Crippen molar-refractivity contribution in [3.05, 3.63) is 32.8 Å². The summed E-state index contributed by atoms with van der Waals surface area (Å²) in [5, 5.41) is 4.83. The number of rotatable bonds is 2. The number of amides is 1. The zero-order valence-electron chi connectivity index (χ0n) is 9.15. The van der Waals surface area contributed by atoms with E-state index in [1.165, 1.54) is 17.7 Å². The lowest BCUT2D eigenvalue weighted by molar-refractivity contribution is 0.103. The summed E-state index contributed by atoms with van der Waals surface area (Å²) in [5.74, 6) is -0.301. The van der Waals surface area contributed by atoms with Gasteiger partial charge in [0.15, 0.2) is 10.8 Å². The van der Waals surface area contributed by atoms with Crippen LogP contribution in [-0.4, -0.2) is 25.8 Å². The van der Waals surface area contributed by atoms with Crippen LogP contribution in [0.2, 0.25) is 10.2 Å². The lowest BCUT2D eigenvalue weighted by Gasteiger charge is -2.02. The van der Waals surface area contributed by atoms with Gasteiger partial charge < -0.3 is 4.98 Å². The van der Waals surface area contributed by atoms with Crippen molar-refractivity contribution in [2.45, 2.75) is 0 Å². The lowest BCUT2D eigenvalue weighted by Crippen LogP contribution is -2.13. The maximum Gasteiger partial charge on any atom is 0.269 e. The van der Waals surface area contributed by atoms with Crippen molar-refractivity contribution in [3.63, 3.8) is 0 Å². The second-order valence-electron chi connectivity index (χ2n) is 3.49. The van der Waals surface area contributed by atoms with Crippen LogP contribution in [0.3, 0.4) is 0 Å². The van der Waals surface area contributed by atoms with Gasteiger partial charge in [0.1, 0.15) is 10.4 Å². The molecule has 0 aromatic carbocycles. The number of aromatic amines is 1. The summed E-state index contributed by atoms with van der Waals surface area (Å²) in [6.45, 7) is 0. The Morgan fingerprint density at radius 1 is 1.37 bits per heavy atom. The highest BCUT2D eigenvalue weighted by molar-refractivity contribution is 7.12. The van der Waals surface area contributed by atoms with Crippen LogP contribution in [0.5, 0.6) is 0 Å². The third-order valence-electron chi connectivity index (χ3n) is 2.29. The van der Waals surface area contributed by atoms with E-state index in [0.717, 1.165) is 0 Å². The molecule has 0 aliphatic carbocycles. The van der Waals surface area contributed by atoms with Crippen LogP contribution in [0.4, 0.5) is 5.95 Å². The first kappa shape index (κ1) is 12.3. The molecule has 1 amide bonds. The predicted molar refractivity (Wildman–Crippen MR) is 74.0 cm³/mol. The van der Waals surface area contributed by atoms with Crippen molar-refractivity contribution in [2.75, 3.05) is 5.32 Å². The van der Waals surface area contributed by atoms with Gasteiger partial charge in [0.25, 0.3) is 5.91 Å². The van der Waals surface area contributed by atoms with E-state index in [1.54, 1.807) is 11.4 Å². The van der Waals surface area contributed by atoms with Gasteiger partial charge in [-0.15, -0.1) is 11.3 Å². The molecule has 0 spiro atoms. The highest BCUT2D eigenvalue weighted by Crippen LogP contribution is 2.23. The molecule has 96 valence electrons. The van der Waals surface area contributed by atoms with Gasteiger partial charge in [0.05, 0.1) is 11.3 Å². The number of anilines is 1. The minimum atomic E-state index is -0.383. The predicted octanol–water partition coefficient (Wildman–Crippen LogP) is 2.97. The van der Waals surface area contributed by atoms with Gasteiger partial charge in [-0.1, -0.05) is 23.2 Å². The van der Waals surface area contributed by atoms with Crippen LogP contribution in [0, 0.1) is 0 Å². The molecule has 0 fully saturated rings. The first-order valence-corrected chi connectivity index (χ1v) is 6.69. The number of imidazole rings is 1. The van der Waals surface area contributed by atoms with Crippen molar-refractivity contribution in [2.24, 2.45) is 0 Å². The minimum Gasteiger partial charge on any atom is -0.341 e. The normalized spacial score (nSPS) is 10.8. The van der Waals surface area contributed by atoms with Gasteiger partial charge in [0, 0.05) is 0 Å². The maximum atomic E-state index is 11.9. The molecule has 3 rings (SSSR count). The number of thiophene rings is 1. The van der Waals surface area contributed by atoms with Crippen molar-refractivity contribution >= 4 is 57.6 Å². The fourth-order valence-electron chi connectivity index (χ4n) is 1.47. The molecule has 6 nitrogen and oxygen atoms in total. The summed E-state index contributed by atoms with van der Waals surface area (Å²) in [4.78, 5) is 27.1. The van der Waals surface area contributed by atoms with Gasteiger partial charge in [-0.25, -0.2) is 4.98 Å². The molecule has 0 aliphatic heterocycles. The number of hydrogen-bond donors (Lipinski definition) is 2. The first-order chi connectivity index (χ1) is 9.15. The van der Waals surface area contributed by atoms with Crippen LogP contribution in [0.25, 0.3) is 11.2 Å². The molecule has 3 aromatic heterocycles. The van der Waals surface area contributed by atoms with Crippen molar-refractivity contribution in [1.82, 2.24) is 19.9 Å². The molecule has 9 heteroatoms. The Kier molecular flexibility index (Phi) is 3.09. The molecule has 0 unspecified atom stereocenters. The summed E-state index contributed by atoms with van der Waals surface area (Å²) < 4.78 is 0. The monoisotopic (exact) mass is 313 g/mol. The number of fused-ring (bicyclic) bond motifs is 1. The minimum absolute atomic E-state index is 0.0825. The number of nitrogens with zero attached hydrogens (tertiary/aromatic N) is 3. The number of halogens is 2. The van der Waals surface area contributed by atoms with Crippen LogP contribution in [0.1, 0.15) is 9.67 Å². The van der Waals surface area contributed by atoms with E-state index in [0.29, 0.717) is 21.1 Å². The van der Waals surface area contributed by atoms with E-state index in [1.807, 2.05) is 0 Å². The second kappa shape index (κ2) is 4.76. The van der Waals surface area contributed by atoms with Crippen molar-refractivity contribution in [3.8, 4) is 0 Å². The Bertz CT molecular complexity index is 768. The van der Waals surface area contributed by atoms with Crippen LogP contribution in [-0.2, 0) is 0 Å². The largest absolute Gasteiger partial charge is 0.341 e. The number of aromatic nitrogens is 4. The highest BCUT2D eigenvalue weighted by Gasteiger charge is 2.15. The average molecular weight is 314 g/mol. The van der Waals surface area contributed by atoms with Gasteiger partial charge in [-0.2, -0.15) is 9.97 Å². The SMILES string of the molecule is O=C(Nc1nc(Cl)c2[nH]cnc2n1)c1sccc1Cl. The van der Waals surface area contributed by atoms with Gasteiger partial charge in [-0.3, -0.25) is 10.1 Å². The molecule has 0 radical (unpaired) electrons. The fourth-order valence-corrected chi connectivity index (χ4v) is 2.72. The molecular formula is C10H5Cl2N5OS. The Morgan fingerprint density at radius 2 is 2.21 bits per heavy atom. The highest BCUT2D eigenvalue weighted by atomic mass is 35.5. The van der Waals surface area contributed by atoms with Gasteiger partial charge in [-0.05, 0) is 11.4 Å². The number of nitrogens with one attached hydrogen (secondary N) is 2. The summed E-state index contributed by atoms with van der Waals surface area (Å²) in [7, 11) is 0. The summed E-state index contributed by atoms with van der Waals surface area (Å²) in [6, 6.07) is 1.64. The number of H-pyrrole nitrogens is 1. The zero-order valence-corrected chi connectivity index (χ0v) is 11.5. The Labute approximate surface area is 120 Å². The molecule has 0 saturated heterocycles. The van der Waals surface area contributed by atoms with E-state index in [4.69, 9.17) is 23.2 Å². The molecule has 3 heterocycles. The summed E-state index contributed by atoms with van der Waals surface area (Å²) in [6.07, 6.45) is 1.45. The third-order valence-corrected chi connectivity index (χ3v) is 3.90. The number of carbonyl (C=O) groups excluding carboxylic acids is 1. The van der Waals surface area contributed by atoms with Crippen LogP contribution < -0.4 is 5.32 Å². The summed E-state index contributed by atoms with van der Waals surface area (Å²) in [5.41, 5.74) is 0.904. The third kappa shape index (κ3) is 2.27. The molecule has 0 aliphatic rings. The molecule has 2 N–H and O–H groups in total. The first-order valence-electron chi connectivity index (χ1n) is 5.06. The second-order valence-corrected chi connectivity index (χ2v) is 5.17. The molecule has 0 saturated carbocycles. The van der Waals surface area contributed by atoms with E-state index >= 15 is 0 Å². The van der Waals surface area contributed by atoms with Crippen LogP contribution >= 0.6 is 34.5 Å². The smallest absolute Gasteiger partial charge is 0.269 e. The molecular weight excluding hydrogens is 309 g/mol. The zero-order chi connectivity index (χ0) is 13.4. The molecule has 0 bridgehead atoms. The van der Waals surface area contributed by atoms with E-state index in [2.05, 4.69) is 25.3 Å². The topological polar surface area (TPSA) is 83.6 Å². The van der Waals surface area contributed by atoms with Gasteiger partial charge in [0.2, 0.25) is 5.95 Å². The number of hydrogen-bond acceptors (Lipinski definition) is 5.